The van der Waals surface area contributed by atoms with Gasteiger partial charge in [-0.3, -0.25) is 4.98 Å². The minimum atomic E-state index is 0.262. The number of rotatable bonds is 7. The number of pyridine rings is 1. The highest BCUT2D eigenvalue weighted by Gasteiger charge is 2.04. The average molecular weight is 272 g/mol. The number of anilines is 1. The van der Waals surface area contributed by atoms with Gasteiger partial charge in [0, 0.05) is 42.9 Å². The van der Waals surface area contributed by atoms with E-state index in [1.807, 2.05) is 25.1 Å². The first-order chi connectivity index (χ1) is 9.79. The third kappa shape index (κ3) is 4.28. The summed E-state index contributed by atoms with van der Waals surface area (Å²) < 4.78 is 0. The molecule has 2 heterocycles. The smallest absolute Gasteiger partial charge is 0.163 e. The van der Waals surface area contributed by atoms with Crippen LogP contribution in [-0.4, -0.2) is 33.2 Å². The number of unbranched alkanes of at least 4 members (excludes halogenated alkanes) is 2. The molecule has 106 valence electrons. The predicted molar refractivity (Wildman–Crippen MR) is 79.4 cm³/mol. The van der Waals surface area contributed by atoms with E-state index < -0.39 is 0 Å². The summed E-state index contributed by atoms with van der Waals surface area (Å²) in [5.41, 5.74) is 1.84. The van der Waals surface area contributed by atoms with Crippen LogP contribution >= 0.6 is 0 Å². The van der Waals surface area contributed by atoms with Crippen molar-refractivity contribution in [2.24, 2.45) is 0 Å². The lowest BCUT2D eigenvalue weighted by Gasteiger charge is -2.08. The second-order valence-electron chi connectivity index (χ2n) is 4.67. The van der Waals surface area contributed by atoms with Gasteiger partial charge in [0.2, 0.25) is 0 Å². The lowest BCUT2D eigenvalue weighted by atomic mass is 10.2. The Balaban J connectivity index is 2.02. The molecule has 0 spiro atoms. The Bertz CT molecular complexity index is 531. The van der Waals surface area contributed by atoms with Crippen molar-refractivity contribution < 1.29 is 5.11 Å². The molecule has 2 aromatic heterocycles. The SMILES string of the molecule is Cc1cc(NCCCCCO)nc(-c2cccnc2)n1. The number of aryl methyl sites for hydroxylation is 1. The van der Waals surface area contributed by atoms with Crippen LogP contribution in [0.25, 0.3) is 11.4 Å². The monoisotopic (exact) mass is 272 g/mol. The van der Waals surface area contributed by atoms with Crippen LogP contribution in [0.4, 0.5) is 5.82 Å². The van der Waals surface area contributed by atoms with Gasteiger partial charge >= 0.3 is 0 Å². The van der Waals surface area contributed by atoms with Crippen molar-refractivity contribution in [3.8, 4) is 11.4 Å². The maximum Gasteiger partial charge on any atom is 0.163 e. The third-order valence-electron chi connectivity index (χ3n) is 2.91. The van der Waals surface area contributed by atoms with Crippen molar-refractivity contribution in [1.29, 1.82) is 0 Å². The number of hydrogen-bond acceptors (Lipinski definition) is 5. The third-order valence-corrected chi connectivity index (χ3v) is 2.91. The summed E-state index contributed by atoms with van der Waals surface area (Å²) in [6, 6.07) is 5.77. The molecule has 0 fully saturated rings. The number of nitrogens with zero attached hydrogens (tertiary/aromatic N) is 3. The fourth-order valence-corrected chi connectivity index (χ4v) is 1.91. The number of hydrogen-bond donors (Lipinski definition) is 2. The van der Waals surface area contributed by atoms with Crippen LogP contribution in [-0.2, 0) is 0 Å². The summed E-state index contributed by atoms with van der Waals surface area (Å²) in [5.74, 6) is 1.52. The zero-order valence-electron chi connectivity index (χ0n) is 11.7. The van der Waals surface area contributed by atoms with Crippen LogP contribution in [0.2, 0.25) is 0 Å². The van der Waals surface area contributed by atoms with Gasteiger partial charge in [0.1, 0.15) is 5.82 Å². The maximum atomic E-state index is 8.73. The molecule has 0 atom stereocenters. The van der Waals surface area contributed by atoms with Crippen LogP contribution in [0, 0.1) is 6.92 Å². The van der Waals surface area contributed by atoms with Gasteiger partial charge in [-0.2, -0.15) is 0 Å². The van der Waals surface area contributed by atoms with E-state index in [4.69, 9.17) is 5.11 Å². The Labute approximate surface area is 119 Å². The van der Waals surface area contributed by atoms with Crippen molar-refractivity contribution in [2.45, 2.75) is 26.2 Å². The van der Waals surface area contributed by atoms with E-state index >= 15 is 0 Å². The van der Waals surface area contributed by atoms with Crippen molar-refractivity contribution in [3.63, 3.8) is 0 Å². The Morgan fingerprint density at radius 2 is 2.10 bits per heavy atom. The molecular weight excluding hydrogens is 252 g/mol. The molecule has 20 heavy (non-hydrogen) atoms. The first-order valence-electron chi connectivity index (χ1n) is 6.90. The van der Waals surface area contributed by atoms with Crippen LogP contribution in [0.5, 0.6) is 0 Å². The normalized spacial score (nSPS) is 10.5. The number of nitrogens with one attached hydrogen (secondary N) is 1. The number of aliphatic hydroxyl groups excluding tert-OH is 1. The fraction of sp³-hybridized carbons (Fsp3) is 0.400. The molecule has 5 heteroatoms. The largest absolute Gasteiger partial charge is 0.396 e. The first kappa shape index (κ1) is 14.4. The quantitative estimate of drug-likeness (QED) is 0.757. The number of aliphatic hydroxyl groups is 1. The Morgan fingerprint density at radius 3 is 2.85 bits per heavy atom. The van der Waals surface area contributed by atoms with Crippen LogP contribution < -0.4 is 5.32 Å². The van der Waals surface area contributed by atoms with E-state index in [0.29, 0.717) is 5.82 Å². The molecule has 0 aliphatic rings. The second-order valence-corrected chi connectivity index (χ2v) is 4.67. The molecule has 0 aliphatic heterocycles. The molecule has 0 aromatic carbocycles. The standard InChI is InChI=1S/C15H20N4O/c1-12-10-14(17-8-3-2-4-9-20)19-15(18-12)13-6-5-7-16-11-13/h5-7,10-11,20H,2-4,8-9H2,1H3,(H,17,18,19). The Kier molecular flexibility index (Phi) is 5.43. The lowest BCUT2D eigenvalue weighted by Crippen LogP contribution is -2.05. The van der Waals surface area contributed by atoms with Crippen molar-refractivity contribution in [1.82, 2.24) is 15.0 Å². The lowest BCUT2D eigenvalue weighted by molar-refractivity contribution is 0.283. The summed E-state index contributed by atoms with van der Waals surface area (Å²) in [4.78, 5) is 13.0. The topological polar surface area (TPSA) is 70.9 Å². The van der Waals surface area contributed by atoms with E-state index in [1.165, 1.54) is 0 Å². The molecule has 2 aromatic rings. The van der Waals surface area contributed by atoms with Crippen molar-refractivity contribution in [2.75, 3.05) is 18.5 Å². The summed E-state index contributed by atoms with van der Waals surface area (Å²) in [7, 11) is 0. The molecule has 0 bridgehead atoms. The highest BCUT2D eigenvalue weighted by atomic mass is 16.2. The van der Waals surface area contributed by atoms with Gasteiger partial charge in [-0.1, -0.05) is 0 Å². The van der Waals surface area contributed by atoms with Crippen LogP contribution in [0.3, 0.4) is 0 Å². The van der Waals surface area contributed by atoms with Crippen LogP contribution in [0.1, 0.15) is 25.0 Å². The van der Waals surface area contributed by atoms with E-state index in [0.717, 1.165) is 42.9 Å². The van der Waals surface area contributed by atoms with E-state index in [2.05, 4.69) is 20.3 Å². The summed E-state index contributed by atoms with van der Waals surface area (Å²) in [6.07, 6.45) is 6.39. The minimum absolute atomic E-state index is 0.262. The molecule has 2 N–H and O–H groups in total. The van der Waals surface area contributed by atoms with Gasteiger partial charge in [0.25, 0.3) is 0 Å². The van der Waals surface area contributed by atoms with Crippen LogP contribution in [0.15, 0.2) is 30.6 Å². The summed E-state index contributed by atoms with van der Waals surface area (Å²) in [6.45, 7) is 3.07. The van der Waals surface area contributed by atoms with Crippen molar-refractivity contribution in [3.05, 3.63) is 36.3 Å². The second kappa shape index (κ2) is 7.55. The molecule has 5 nitrogen and oxygen atoms in total. The average Bonchev–Trinajstić information content (AvgIpc) is 2.47. The maximum absolute atomic E-state index is 8.73. The first-order valence-corrected chi connectivity index (χ1v) is 6.90. The highest BCUT2D eigenvalue weighted by molar-refractivity contribution is 5.56. The molecule has 0 aliphatic carbocycles. The zero-order chi connectivity index (χ0) is 14.2. The van der Waals surface area contributed by atoms with Gasteiger partial charge in [0.05, 0.1) is 0 Å². The minimum Gasteiger partial charge on any atom is -0.396 e. The summed E-state index contributed by atoms with van der Waals surface area (Å²) in [5, 5.41) is 12.0. The van der Waals surface area contributed by atoms with Gasteiger partial charge in [-0.15, -0.1) is 0 Å². The van der Waals surface area contributed by atoms with Gasteiger partial charge in [-0.05, 0) is 38.3 Å². The predicted octanol–water partition coefficient (Wildman–Crippen LogP) is 2.42. The Hall–Kier alpha value is -2.01. The molecule has 2 rings (SSSR count). The molecule has 0 saturated heterocycles. The highest BCUT2D eigenvalue weighted by Crippen LogP contribution is 2.16. The molecule has 0 saturated carbocycles. The number of aromatic nitrogens is 3. The zero-order valence-corrected chi connectivity index (χ0v) is 11.7. The molecule has 0 unspecified atom stereocenters. The summed E-state index contributed by atoms with van der Waals surface area (Å²) >= 11 is 0. The molecule has 0 radical (unpaired) electrons. The molecule has 0 amide bonds. The van der Waals surface area contributed by atoms with E-state index in [1.54, 1.807) is 12.4 Å². The van der Waals surface area contributed by atoms with E-state index in [-0.39, 0.29) is 6.61 Å². The van der Waals surface area contributed by atoms with E-state index in [9.17, 15) is 0 Å². The Morgan fingerprint density at radius 1 is 1.20 bits per heavy atom. The van der Waals surface area contributed by atoms with Gasteiger partial charge < -0.3 is 10.4 Å². The fourth-order valence-electron chi connectivity index (χ4n) is 1.91. The van der Waals surface area contributed by atoms with Gasteiger partial charge in [-0.25, -0.2) is 9.97 Å². The van der Waals surface area contributed by atoms with Crippen molar-refractivity contribution >= 4 is 5.82 Å². The molecular formula is C15H20N4O. The van der Waals surface area contributed by atoms with Gasteiger partial charge in [0.15, 0.2) is 5.82 Å².